The number of hydrogen-bond donors (Lipinski definition) is 1. The maximum absolute atomic E-state index is 13.6. The number of pyridine rings is 1. The lowest BCUT2D eigenvalue weighted by atomic mass is 9.87. The van der Waals surface area contributed by atoms with E-state index in [1.54, 1.807) is 20.2 Å². The first kappa shape index (κ1) is 15.3. The quantitative estimate of drug-likeness (QED) is 0.946. The normalized spacial score (nSPS) is 14.6. The Morgan fingerprint density at radius 3 is 2.14 bits per heavy atom. The van der Waals surface area contributed by atoms with Crippen molar-refractivity contribution in [3.8, 4) is 0 Å². The van der Waals surface area contributed by atoms with E-state index in [2.05, 4.69) is 4.98 Å². The van der Waals surface area contributed by atoms with Gasteiger partial charge in [0.1, 0.15) is 0 Å². The van der Waals surface area contributed by atoms with E-state index in [1.165, 1.54) is 47.5 Å². The Balaban J connectivity index is 2.74. The minimum atomic E-state index is -4.90. The Morgan fingerprint density at radius 1 is 1.00 bits per heavy atom. The SMILES string of the molecule is CN(C)c1ccccc1C(O)(c1ccccn1)C(F)(F)F. The highest BCUT2D eigenvalue weighted by atomic mass is 19.4. The van der Waals surface area contributed by atoms with Gasteiger partial charge < -0.3 is 10.0 Å². The van der Waals surface area contributed by atoms with Gasteiger partial charge >= 0.3 is 6.18 Å². The molecule has 21 heavy (non-hydrogen) atoms. The second kappa shape index (κ2) is 5.37. The minimum absolute atomic E-state index is 0.249. The highest BCUT2D eigenvalue weighted by Crippen LogP contribution is 2.46. The molecular weight excluding hydrogens is 281 g/mol. The Morgan fingerprint density at radius 2 is 1.62 bits per heavy atom. The first-order valence-electron chi connectivity index (χ1n) is 6.26. The van der Waals surface area contributed by atoms with Crippen LogP contribution in [0.2, 0.25) is 0 Å². The van der Waals surface area contributed by atoms with Gasteiger partial charge in [-0.3, -0.25) is 4.98 Å². The molecule has 0 spiro atoms. The molecule has 112 valence electrons. The zero-order valence-corrected chi connectivity index (χ0v) is 11.6. The summed E-state index contributed by atoms with van der Waals surface area (Å²) < 4.78 is 40.8. The number of aromatic nitrogens is 1. The summed E-state index contributed by atoms with van der Waals surface area (Å²) in [5.41, 5.74) is -3.58. The van der Waals surface area contributed by atoms with Gasteiger partial charge in [-0.2, -0.15) is 13.2 Å². The van der Waals surface area contributed by atoms with Crippen LogP contribution in [0.1, 0.15) is 11.3 Å². The van der Waals surface area contributed by atoms with Crippen molar-refractivity contribution in [1.82, 2.24) is 4.98 Å². The van der Waals surface area contributed by atoms with Gasteiger partial charge in [-0.1, -0.05) is 24.3 Å². The van der Waals surface area contributed by atoms with Crippen LogP contribution in [0, 0.1) is 0 Å². The van der Waals surface area contributed by atoms with E-state index in [-0.39, 0.29) is 11.3 Å². The van der Waals surface area contributed by atoms with Crippen LogP contribution in [0.3, 0.4) is 0 Å². The minimum Gasteiger partial charge on any atom is -0.377 e. The number of aliphatic hydroxyl groups is 1. The Kier molecular flexibility index (Phi) is 3.91. The molecule has 0 fully saturated rings. The molecule has 1 aromatic heterocycles. The number of benzene rings is 1. The molecule has 0 bridgehead atoms. The molecule has 2 rings (SSSR count). The third kappa shape index (κ3) is 2.58. The molecule has 0 saturated heterocycles. The smallest absolute Gasteiger partial charge is 0.377 e. The maximum Gasteiger partial charge on any atom is 0.427 e. The van der Waals surface area contributed by atoms with Gasteiger partial charge in [0.25, 0.3) is 0 Å². The second-order valence-electron chi connectivity index (χ2n) is 4.83. The molecule has 1 N–H and O–H groups in total. The topological polar surface area (TPSA) is 36.4 Å². The molecule has 1 atom stereocenters. The second-order valence-corrected chi connectivity index (χ2v) is 4.83. The van der Waals surface area contributed by atoms with E-state index in [0.29, 0.717) is 0 Å². The number of alkyl halides is 3. The third-order valence-corrected chi connectivity index (χ3v) is 3.22. The number of hydrogen-bond acceptors (Lipinski definition) is 3. The highest BCUT2D eigenvalue weighted by molar-refractivity contribution is 5.57. The van der Waals surface area contributed by atoms with Gasteiger partial charge in [0.05, 0.1) is 5.69 Å². The van der Waals surface area contributed by atoms with Crippen molar-refractivity contribution in [2.75, 3.05) is 19.0 Å². The molecule has 1 heterocycles. The number of anilines is 1. The van der Waals surface area contributed by atoms with Crippen LogP contribution < -0.4 is 4.90 Å². The highest BCUT2D eigenvalue weighted by Gasteiger charge is 2.58. The average molecular weight is 296 g/mol. The molecule has 0 saturated carbocycles. The Hall–Kier alpha value is -2.08. The van der Waals surface area contributed by atoms with Gasteiger partial charge in [0.15, 0.2) is 0 Å². The Bertz CT molecular complexity index is 614. The van der Waals surface area contributed by atoms with Gasteiger partial charge in [0.2, 0.25) is 5.60 Å². The lowest BCUT2D eigenvalue weighted by Crippen LogP contribution is -2.44. The molecule has 0 radical (unpaired) electrons. The summed E-state index contributed by atoms with van der Waals surface area (Å²) in [7, 11) is 3.24. The standard InChI is InChI=1S/C15H15F3N2O/c1-20(2)12-8-4-3-7-11(12)14(21,15(16,17)18)13-9-5-6-10-19-13/h3-10,21H,1-2H3. The van der Waals surface area contributed by atoms with Crippen molar-refractivity contribution in [2.45, 2.75) is 11.8 Å². The van der Waals surface area contributed by atoms with Crippen molar-refractivity contribution >= 4 is 5.69 Å². The van der Waals surface area contributed by atoms with Crippen LogP contribution in [0.25, 0.3) is 0 Å². The van der Waals surface area contributed by atoms with E-state index < -0.39 is 17.5 Å². The summed E-state index contributed by atoms with van der Waals surface area (Å²) in [6.07, 6.45) is -3.67. The lowest BCUT2D eigenvalue weighted by molar-refractivity contribution is -0.249. The molecule has 6 heteroatoms. The summed E-state index contributed by atoms with van der Waals surface area (Å²) in [5.74, 6) is 0. The zero-order chi connectivity index (χ0) is 15.7. The number of halogens is 3. The predicted molar refractivity (Wildman–Crippen MR) is 74.1 cm³/mol. The van der Waals surface area contributed by atoms with Crippen LogP contribution in [0.5, 0.6) is 0 Å². The van der Waals surface area contributed by atoms with E-state index in [0.717, 1.165) is 0 Å². The van der Waals surface area contributed by atoms with Gasteiger partial charge in [-0.25, -0.2) is 0 Å². The van der Waals surface area contributed by atoms with E-state index >= 15 is 0 Å². The first-order chi connectivity index (χ1) is 9.78. The first-order valence-corrected chi connectivity index (χ1v) is 6.26. The molecule has 0 amide bonds. The Labute approximate surface area is 120 Å². The lowest BCUT2D eigenvalue weighted by Gasteiger charge is -2.33. The fourth-order valence-corrected chi connectivity index (χ4v) is 2.18. The maximum atomic E-state index is 13.6. The van der Waals surface area contributed by atoms with Crippen molar-refractivity contribution < 1.29 is 18.3 Å². The largest absolute Gasteiger partial charge is 0.427 e. The summed E-state index contributed by atoms with van der Waals surface area (Å²) in [6, 6.07) is 9.94. The van der Waals surface area contributed by atoms with Crippen LogP contribution in [-0.2, 0) is 5.60 Å². The van der Waals surface area contributed by atoms with Crippen LogP contribution in [0.4, 0.5) is 18.9 Å². The zero-order valence-electron chi connectivity index (χ0n) is 11.6. The predicted octanol–water partition coefficient (Wildman–Crippen LogP) is 2.95. The van der Waals surface area contributed by atoms with Gasteiger partial charge in [0, 0.05) is 31.5 Å². The van der Waals surface area contributed by atoms with Crippen LogP contribution in [0.15, 0.2) is 48.7 Å². The van der Waals surface area contributed by atoms with Crippen molar-refractivity contribution in [3.05, 3.63) is 59.9 Å². The molecular formula is C15H15F3N2O. The van der Waals surface area contributed by atoms with E-state index in [1.807, 2.05) is 0 Å². The van der Waals surface area contributed by atoms with Crippen molar-refractivity contribution in [3.63, 3.8) is 0 Å². The number of nitrogens with zero attached hydrogens (tertiary/aromatic N) is 2. The molecule has 0 aliphatic carbocycles. The summed E-state index contributed by atoms with van der Waals surface area (Å²) in [6.45, 7) is 0. The van der Waals surface area contributed by atoms with E-state index in [9.17, 15) is 18.3 Å². The molecule has 1 unspecified atom stereocenters. The van der Waals surface area contributed by atoms with Crippen LogP contribution in [-0.4, -0.2) is 30.4 Å². The molecule has 3 nitrogen and oxygen atoms in total. The molecule has 2 aromatic rings. The van der Waals surface area contributed by atoms with E-state index in [4.69, 9.17) is 0 Å². The molecule has 0 aliphatic heterocycles. The average Bonchev–Trinajstić information content (AvgIpc) is 2.46. The van der Waals surface area contributed by atoms with Gasteiger partial charge in [-0.15, -0.1) is 0 Å². The fourth-order valence-electron chi connectivity index (χ4n) is 2.18. The van der Waals surface area contributed by atoms with Crippen LogP contribution >= 0.6 is 0 Å². The number of para-hydroxylation sites is 1. The summed E-state index contributed by atoms with van der Waals surface area (Å²) >= 11 is 0. The van der Waals surface area contributed by atoms with Gasteiger partial charge in [-0.05, 0) is 18.2 Å². The monoisotopic (exact) mass is 296 g/mol. The van der Waals surface area contributed by atoms with Crippen molar-refractivity contribution in [2.24, 2.45) is 0 Å². The molecule has 0 aliphatic rings. The number of rotatable bonds is 3. The molecule has 1 aromatic carbocycles. The van der Waals surface area contributed by atoms with Crippen molar-refractivity contribution in [1.29, 1.82) is 0 Å². The summed E-state index contributed by atoms with van der Waals surface area (Å²) in [4.78, 5) is 5.23. The fraction of sp³-hybridized carbons (Fsp3) is 0.267. The third-order valence-electron chi connectivity index (χ3n) is 3.22. The summed E-state index contributed by atoms with van der Waals surface area (Å²) in [5, 5.41) is 10.5.